The summed E-state index contributed by atoms with van der Waals surface area (Å²) >= 11 is 0. The van der Waals surface area contributed by atoms with Gasteiger partial charge >= 0.3 is 6.03 Å². The second kappa shape index (κ2) is 8.27. The van der Waals surface area contributed by atoms with Crippen molar-refractivity contribution in [1.82, 2.24) is 10.6 Å². The van der Waals surface area contributed by atoms with Gasteiger partial charge in [-0.2, -0.15) is 0 Å². The van der Waals surface area contributed by atoms with Crippen molar-refractivity contribution < 1.29 is 13.6 Å². The zero-order valence-electron chi connectivity index (χ0n) is 14.7. The molecule has 26 heavy (non-hydrogen) atoms. The van der Waals surface area contributed by atoms with Gasteiger partial charge in [-0.3, -0.25) is 10.2 Å². The Hall–Kier alpha value is -2.47. The van der Waals surface area contributed by atoms with Crippen molar-refractivity contribution in [1.29, 1.82) is 0 Å². The number of benzene rings is 2. The SMILES string of the molecule is CN(C(=O)NC1CCC(Cc2ccc(F)cc2)CN1)c1ccc(F)cc1. The van der Waals surface area contributed by atoms with Gasteiger partial charge in [-0.05, 0) is 67.1 Å². The molecule has 0 spiro atoms. The van der Waals surface area contributed by atoms with Crippen LogP contribution in [-0.2, 0) is 6.42 Å². The normalized spacial score (nSPS) is 19.8. The van der Waals surface area contributed by atoms with Gasteiger partial charge in [0.2, 0.25) is 0 Å². The van der Waals surface area contributed by atoms with Crippen molar-refractivity contribution in [3.05, 3.63) is 65.7 Å². The van der Waals surface area contributed by atoms with E-state index in [1.807, 2.05) is 12.1 Å². The van der Waals surface area contributed by atoms with E-state index in [1.165, 1.54) is 29.2 Å². The van der Waals surface area contributed by atoms with Crippen molar-refractivity contribution in [2.75, 3.05) is 18.5 Å². The molecule has 4 nitrogen and oxygen atoms in total. The third-order valence-electron chi connectivity index (χ3n) is 4.77. The molecule has 2 unspecified atom stereocenters. The topological polar surface area (TPSA) is 44.4 Å². The summed E-state index contributed by atoms with van der Waals surface area (Å²) in [5, 5.41) is 6.31. The Bertz CT molecular complexity index is 726. The molecule has 2 atom stereocenters. The van der Waals surface area contributed by atoms with E-state index >= 15 is 0 Å². The number of nitrogens with zero attached hydrogens (tertiary/aromatic N) is 1. The molecule has 1 saturated heterocycles. The molecule has 0 aliphatic carbocycles. The number of rotatable bonds is 4. The predicted octanol–water partition coefficient (Wildman–Crippen LogP) is 3.68. The molecule has 0 bridgehead atoms. The lowest BCUT2D eigenvalue weighted by Crippen LogP contribution is -2.53. The molecule has 0 saturated carbocycles. The fourth-order valence-corrected chi connectivity index (χ4v) is 3.19. The van der Waals surface area contributed by atoms with Crippen molar-refractivity contribution in [2.24, 2.45) is 5.92 Å². The Kier molecular flexibility index (Phi) is 5.83. The molecule has 0 radical (unpaired) electrons. The van der Waals surface area contributed by atoms with E-state index in [-0.39, 0.29) is 23.8 Å². The van der Waals surface area contributed by atoms with Crippen LogP contribution in [0.3, 0.4) is 0 Å². The van der Waals surface area contributed by atoms with Gasteiger partial charge in [0.25, 0.3) is 0 Å². The van der Waals surface area contributed by atoms with Gasteiger partial charge in [-0.25, -0.2) is 13.6 Å². The highest BCUT2D eigenvalue weighted by Crippen LogP contribution is 2.19. The number of nitrogens with one attached hydrogen (secondary N) is 2. The van der Waals surface area contributed by atoms with Crippen molar-refractivity contribution >= 4 is 11.7 Å². The fraction of sp³-hybridized carbons (Fsp3) is 0.350. The molecular weight excluding hydrogens is 336 g/mol. The number of piperidine rings is 1. The van der Waals surface area contributed by atoms with Crippen LogP contribution >= 0.6 is 0 Å². The summed E-state index contributed by atoms with van der Waals surface area (Å²) in [5.74, 6) is -0.0873. The Labute approximate surface area is 152 Å². The van der Waals surface area contributed by atoms with E-state index in [0.717, 1.165) is 31.4 Å². The van der Waals surface area contributed by atoms with Gasteiger partial charge in [0.05, 0.1) is 6.17 Å². The molecule has 1 heterocycles. The van der Waals surface area contributed by atoms with Crippen LogP contribution in [0.5, 0.6) is 0 Å². The van der Waals surface area contributed by atoms with Gasteiger partial charge in [-0.15, -0.1) is 0 Å². The van der Waals surface area contributed by atoms with Crippen LogP contribution in [0.4, 0.5) is 19.3 Å². The fourth-order valence-electron chi connectivity index (χ4n) is 3.19. The molecule has 3 rings (SSSR count). The Morgan fingerprint density at radius 2 is 1.69 bits per heavy atom. The summed E-state index contributed by atoms with van der Waals surface area (Å²) < 4.78 is 26.0. The summed E-state index contributed by atoms with van der Waals surface area (Å²) in [6.45, 7) is 0.794. The minimum atomic E-state index is -0.330. The monoisotopic (exact) mass is 359 g/mol. The van der Waals surface area contributed by atoms with Crippen LogP contribution in [0.25, 0.3) is 0 Å². The first kappa shape index (κ1) is 18.3. The van der Waals surface area contributed by atoms with Crippen LogP contribution in [0.2, 0.25) is 0 Å². The van der Waals surface area contributed by atoms with E-state index in [0.29, 0.717) is 11.6 Å². The number of carbonyl (C=O) groups excluding carboxylic acids is 1. The van der Waals surface area contributed by atoms with Crippen LogP contribution in [0.1, 0.15) is 18.4 Å². The summed E-state index contributed by atoms with van der Waals surface area (Å²) in [4.78, 5) is 13.8. The third-order valence-corrected chi connectivity index (χ3v) is 4.77. The second-order valence-electron chi connectivity index (χ2n) is 6.72. The lowest BCUT2D eigenvalue weighted by molar-refractivity contribution is 0.228. The van der Waals surface area contributed by atoms with Crippen LogP contribution in [-0.4, -0.2) is 25.8 Å². The number of halogens is 2. The average Bonchev–Trinajstić information content (AvgIpc) is 2.65. The van der Waals surface area contributed by atoms with E-state index in [9.17, 15) is 13.6 Å². The molecule has 0 aromatic heterocycles. The third kappa shape index (κ3) is 4.79. The molecule has 138 valence electrons. The maximum absolute atomic E-state index is 13.0. The highest BCUT2D eigenvalue weighted by atomic mass is 19.1. The Morgan fingerprint density at radius 1 is 1.08 bits per heavy atom. The minimum absolute atomic E-state index is 0.0881. The van der Waals surface area contributed by atoms with Crippen molar-refractivity contribution in [3.8, 4) is 0 Å². The van der Waals surface area contributed by atoms with Crippen LogP contribution in [0, 0.1) is 17.6 Å². The molecule has 1 fully saturated rings. The van der Waals surface area contributed by atoms with Gasteiger partial charge in [0.15, 0.2) is 0 Å². The van der Waals surface area contributed by atoms with Crippen LogP contribution < -0.4 is 15.5 Å². The lowest BCUT2D eigenvalue weighted by Gasteiger charge is -2.31. The van der Waals surface area contributed by atoms with E-state index in [2.05, 4.69) is 10.6 Å². The standard InChI is InChI=1S/C20H23F2N3O/c1-25(18-9-7-17(22)8-10-18)20(26)24-19-11-4-15(13-23-19)12-14-2-5-16(21)6-3-14/h2-3,5-10,15,19,23H,4,11-13H2,1H3,(H,24,26). The van der Waals surface area contributed by atoms with Gasteiger partial charge in [0.1, 0.15) is 11.6 Å². The van der Waals surface area contributed by atoms with E-state index in [1.54, 1.807) is 19.2 Å². The Morgan fingerprint density at radius 3 is 2.27 bits per heavy atom. The summed E-state index contributed by atoms with van der Waals surface area (Å²) in [6, 6.07) is 12.2. The van der Waals surface area contributed by atoms with E-state index < -0.39 is 0 Å². The maximum atomic E-state index is 13.0. The predicted molar refractivity (Wildman–Crippen MR) is 98.0 cm³/mol. The molecule has 2 amide bonds. The summed E-state index contributed by atoms with van der Waals surface area (Å²) in [6.07, 6.45) is 2.61. The summed E-state index contributed by atoms with van der Waals surface area (Å²) in [5.41, 5.74) is 1.76. The maximum Gasteiger partial charge on any atom is 0.322 e. The molecule has 2 aromatic rings. The number of carbonyl (C=O) groups is 1. The zero-order chi connectivity index (χ0) is 18.5. The van der Waals surface area contributed by atoms with Crippen molar-refractivity contribution in [3.63, 3.8) is 0 Å². The Balaban J connectivity index is 1.46. The average molecular weight is 359 g/mol. The molecule has 6 heteroatoms. The highest BCUT2D eigenvalue weighted by molar-refractivity contribution is 5.91. The van der Waals surface area contributed by atoms with E-state index in [4.69, 9.17) is 0 Å². The smallest absolute Gasteiger partial charge is 0.322 e. The molecule has 1 aliphatic rings. The van der Waals surface area contributed by atoms with Crippen LogP contribution in [0.15, 0.2) is 48.5 Å². The number of amides is 2. The zero-order valence-corrected chi connectivity index (χ0v) is 14.7. The largest absolute Gasteiger partial charge is 0.322 e. The molecule has 2 N–H and O–H groups in total. The van der Waals surface area contributed by atoms with Gasteiger partial charge < -0.3 is 5.32 Å². The number of urea groups is 1. The highest BCUT2D eigenvalue weighted by Gasteiger charge is 2.23. The minimum Gasteiger partial charge on any atom is -0.322 e. The number of anilines is 1. The summed E-state index contributed by atoms with van der Waals surface area (Å²) in [7, 11) is 1.66. The van der Waals surface area contributed by atoms with Gasteiger partial charge in [-0.1, -0.05) is 12.1 Å². The second-order valence-corrected chi connectivity index (χ2v) is 6.72. The number of hydrogen-bond donors (Lipinski definition) is 2. The lowest BCUT2D eigenvalue weighted by atomic mass is 9.91. The first-order valence-electron chi connectivity index (χ1n) is 8.79. The first-order valence-corrected chi connectivity index (χ1v) is 8.79. The number of hydrogen-bond acceptors (Lipinski definition) is 2. The molecule has 2 aromatic carbocycles. The quantitative estimate of drug-likeness (QED) is 0.875. The molecule has 1 aliphatic heterocycles. The van der Waals surface area contributed by atoms with Crippen molar-refractivity contribution in [2.45, 2.75) is 25.4 Å². The molecular formula is C20H23F2N3O. The van der Waals surface area contributed by atoms with Gasteiger partial charge in [0, 0.05) is 19.3 Å². The first-order chi connectivity index (χ1) is 12.5.